The van der Waals surface area contributed by atoms with Crippen LogP contribution in [0.25, 0.3) is 0 Å². The maximum absolute atomic E-state index is 15.2. The van der Waals surface area contributed by atoms with E-state index in [-0.39, 0.29) is 6.54 Å². The summed E-state index contributed by atoms with van der Waals surface area (Å²) in [5.41, 5.74) is -1.89. The van der Waals surface area contributed by atoms with E-state index in [0.717, 1.165) is 46.9 Å². The number of carbonyl (C=O) groups excluding carboxylic acids is 12. The molecule has 48 heteroatoms. The van der Waals surface area contributed by atoms with Crippen LogP contribution in [-0.4, -0.2) is 245 Å². The van der Waals surface area contributed by atoms with Crippen molar-refractivity contribution in [3.8, 4) is 0 Å². The van der Waals surface area contributed by atoms with Gasteiger partial charge in [0, 0.05) is 93.3 Å². The molecule has 606 valence electrons. The zero-order valence-electron chi connectivity index (χ0n) is 56.8. The minimum Gasteiger partial charge on any atom is -0.463 e. The Bertz CT molecular complexity index is 3240. The minimum absolute atomic E-state index is 0.0952. The van der Waals surface area contributed by atoms with Gasteiger partial charge >= 0.3 is 101 Å². The van der Waals surface area contributed by atoms with Crippen LogP contribution >= 0.6 is 0 Å². The van der Waals surface area contributed by atoms with E-state index in [9.17, 15) is 123 Å². The molecule has 4 N–H and O–H groups in total. The number of benzene rings is 1. The molecule has 0 aromatic heterocycles. The summed E-state index contributed by atoms with van der Waals surface area (Å²) in [6.07, 6.45) is -37.1. The Morgan fingerprint density at radius 3 is 1.19 bits per heavy atom. The van der Waals surface area contributed by atoms with Crippen LogP contribution in [0.3, 0.4) is 0 Å². The SMILES string of the molecule is CC(=O)OC[C@H]1O[C@@H](OCC(COC(=O)NCCC(F)(F)C(F)(F)C(F)(F)C(F)(F)C(F)(F)C(F)(F)C(F)(F)C(F)(F)F)(CO[C@@H]2O[C@H](COC(C)=O)[C@H](OC(C)=O)[C@H](OC(C)=O)[C@H]2OC(C)=O)NC(=O)CNC(=O)CCC(=O)NCc2ccc(C3OCCO3)cc2)[C@H](OC(C)=O)[C@@H](OC(C)=O)[C@H]1OC(C)=O. The topological polar surface area (TPSA) is 391 Å². The summed E-state index contributed by atoms with van der Waals surface area (Å²) in [5, 5.41) is 7.82. The van der Waals surface area contributed by atoms with Gasteiger partial charge in [-0.2, -0.15) is 74.6 Å². The average molecular weight is 1590 g/mol. The summed E-state index contributed by atoms with van der Waals surface area (Å²) in [4.78, 5) is 154. The van der Waals surface area contributed by atoms with E-state index in [2.05, 4.69) is 16.0 Å². The van der Waals surface area contributed by atoms with Crippen LogP contribution < -0.4 is 21.3 Å². The van der Waals surface area contributed by atoms with Crippen molar-refractivity contribution in [1.29, 1.82) is 0 Å². The molecule has 0 radical (unpaired) electrons. The third-order valence-corrected chi connectivity index (χ3v) is 14.7. The van der Waals surface area contributed by atoms with Gasteiger partial charge in [-0.25, -0.2) is 4.79 Å². The van der Waals surface area contributed by atoms with Crippen molar-refractivity contribution in [3.05, 3.63) is 35.4 Å². The molecule has 1 aromatic carbocycles. The second kappa shape index (κ2) is 36.9. The lowest BCUT2D eigenvalue weighted by molar-refractivity contribution is -0.461. The van der Waals surface area contributed by atoms with E-state index >= 15 is 8.78 Å². The van der Waals surface area contributed by atoms with Crippen molar-refractivity contribution in [2.24, 2.45) is 0 Å². The van der Waals surface area contributed by atoms with Gasteiger partial charge in [-0.05, 0) is 5.56 Å². The molecule has 3 fully saturated rings. The number of ether oxygens (including phenoxy) is 15. The van der Waals surface area contributed by atoms with Gasteiger partial charge in [0.1, 0.15) is 37.6 Å². The van der Waals surface area contributed by atoms with Gasteiger partial charge in [-0.15, -0.1) is 0 Å². The summed E-state index contributed by atoms with van der Waals surface area (Å²) in [6, 6.07) is 6.52. The molecule has 0 aliphatic carbocycles. The lowest BCUT2D eigenvalue weighted by Crippen LogP contribution is -2.74. The molecule has 3 aliphatic heterocycles. The smallest absolute Gasteiger partial charge is 0.460 e. The first-order valence-electron chi connectivity index (χ1n) is 30.8. The van der Waals surface area contributed by atoms with Crippen LogP contribution in [0, 0.1) is 0 Å². The van der Waals surface area contributed by atoms with Crippen LogP contribution in [-0.2, 0) is 130 Å². The first-order chi connectivity index (χ1) is 49.2. The molecule has 31 nitrogen and oxygen atoms in total. The van der Waals surface area contributed by atoms with Crippen molar-refractivity contribution in [2.75, 3.05) is 59.3 Å². The highest BCUT2D eigenvalue weighted by atomic mass is 19.4. The number of esters is 8. The van der Waals surface area contributed by atoms with Crippen LogP contribution in [0.1, 0.15) is 92.1 Å². The Labute approximate surface area is 591 Å². The zero-order valence-corrected chi connectivity index (χ0v) is 56.8. The van der Waals surface area contributed by atoms with Crippen molar-refractivity contribution in [3.63, 3.8) is 0 Å². The monoisotopic (exact) mass is 1590 g/mol. The van der Waals surface area contributed by atoms with Gasteiger partial charge < -0.3 is 92.3 Å². The van der Waals surface area contributed by atoms with Gasteiger partial charge in [-0.1, -0.05) is 24.3 Å². The molecule has 0 saturated carbocycles. The van der Waals surface area contributed by atoms with Crippen molar-refractivity contribution >= 4 is 71.6 Å². The predicted molar refractivity (Wildman–Crippen MR) is 307 cm³/mol. The predicted octanol–water partition coefficient (Wildman–Crippen LogP) is 4.42. The molecular weight excluding hydrogens is 1520 g/mol. The molecule has 3 aliphatic rings. The van der Waals surface area contributed by atoms with Crippen molar-refractivity contribution in [2.45, 2.75) is 202 Å². The largest absolute Gasteiger partial charge is 0.463 e. The fourth-order valence-electron chi connectivity index (χ4n) is 9.76. The van der Waals surface area contributed by atoms with Crippen LogP contribution in [0.5, 0.6) is 0 Å². The maximum Gasteiger partial charge on any atom is 0.460 e. The Morgan fingerprint density at radius 2 is 0.794 bits per heavy atom. The Kier molecular flexibility index (Phi) is 31.2. The highest BCUT2D eigenvalue weighted by Gasteiger charge is 2.95. The molecule has 4 rings (SSSR count). The van der Waals surface area contributed by atoms with Crippen molar-refractivity contribution < 1.29 is 203 Å². The number of halogens is 17. The van der Waals surface area contributed by atoms with Gasteiger partial charge in [0.05, 0.1) is 33.0 Å². The quantitative estimate of drug-likeness (QED) is 0.0410. The molecule has 0 spiro atoms. The first-order valence-corrected chi connectivity index (χ1v) is 30.8. The van der Waals surface area contributed by atoms with Gasteiger partial charge in [0.25, 0.3) is 0 Å². The number of hydrogen-bond acceptors (Lipinski definition) is 27. The molecule has 0 bridgehead atoms. The highest BCUT2D eigenvalue weighted by molar-refractivity contribution is 5.87. The number of alkyl carbamates (subject to hydrolysis) is 1. The fraction of sp³-hybridized carbons (Fsp3) is 0.695. The maximum atomic E-state index is 15.2. The number of nitrogens with one attached hydrogen (secondary N) is 4. The summed E-state index contributed by atoms with van der Waals surface area (Å²) in [7, 11) is 0. The van der Waals surface area contributed by atoms with Crippen LogP contribution in [0.15, 0.2) is 24.3 Å². The van der Waals surface area contributed by atoms with Gasteiger partial charge in [0.2, 0.25) is 17.7 Å². The molecular formula is C59H69F17N4O27. The van der Waals surface area contributed by atoms with Crippen molar-refractivity contribution in [1.82, 2.24) is 21.3 Å². The summed E-state index contributed by atoms with van der Waals surface area (Å²) in [6.45, 7) is -4.04. The Balaban J connectivity index is 1.88. The zero-order chi connectivity index (χ0) is 81.4. The summed E-state index contributed by atoms with van der Waals surface area (Å²) < 4.78 is 322. The van der Waals surface area contributed by atoms with Crippen LogP contribution in [0.4, 0.5) is 79.4 Å². The highest BCUT2D eigenvalue weighted by Crippen LogP contribution is 2.64. The molecule has 3 saturated heterocycles. The lowest BCUT2D eigenvalue weighted by atomic mass is 9.88. The van der Waals surface area contributed by atoms with E-state index in [0.29, 0.717) is 38.2 Å². The van der Waals surface area contributed by atoms with E-state index in [4.69, 9.17) is 71.1 Å². The molecule has 3 heterocycles. The summed E-state index contributed by atoms with van der Waals surface area (Å²) >= 11 is 0. The third-order valence-electron chi connectivity index (χ3n) is 14.7. The van der Waals surface area contributed by atoms with E-state index in [1.165, 1.54) is 0 Å². The Morgan fingerprint density at radius 1 is 0.421 bits per heavy atom. The van der Waals surface area contributed by atoms with E-state index in [1.54, 1.807) is 24.3 Å². The first kappa shape index (κ1) is 90.6. The molecule has 1 aromatic rings. The summed E-state index contributed by atoms with van der Waals surface area (Å²) in [5.74, 6) is -72.5. The number of alkyl halides is 17. The number of rotatable bonds is 36. The number of hydrogen-bond donors (Lipinski definition) is 4. The lowest BCUT2D eigenvalue weighted by Gasteiger charge is -2.46. The number of carbonyl (C=O) groups is 12. The number of amides is 4. The molecule has 4 amide bonds. The average Bonchev–Trinajstić information content (AvgIpc) is 0.791. The standard InChI is InChI=1S/C59H69F17N4O27/c1-26(81)95-21-36-41(100-28(3)83)43(102-30(5)85)45(104-32(7)87)48(106-36)97-23-51(24-98-49-46(105-33(8)88)44(103-31(6)86)42(101-29(4)84)37(107-49)22-96-27(2)82,80-40(91)20-79-39(90)14-13-38(89)78-19-34-9-11-35(12-10-34)47-93-17-18-94-47)25-99-50(92)77-16-15-52(60,61)53(62,63)54(64,65)55(66,67)56(68,69)57(70,71)58(72,73)59(74,75)76/h9-12,36-37,41-49H,13-25H2,1-8H3,(H,77,92)(H,78,89)(H,79,90)(H,80,91)/t36-,37-,41+,42+,43+,44+,45-,46-,48-,49-/m1/s1. The second-order valence-corrected chi connectivity index (χ2v) is 23.4. The molecule has 0 unspecified atom stereocenters. The third kappa shape index (κ3) is 23.4. The van der Waals surface area contributed by atoms with E-state index < -0.39 is 258 Å². The Hall–Kier alpha value is -8.77. The molecule has 10 atom stereocenters. The van der Waals surface area contributed by atoms with Gasteiger partial charge in [-0.3, -0.25) is 52.7 Å². The van der Waals surface area contributed by atoms with Crippen LogP contribution in [0.2, 0.25) is 0 Å². The second-order valence-electron chi connectivity index (χ2n) is 23.4. The van der Waals surface area contributed by atoms with Gasteiger partial charge in [0.15, 0.2) is 55.5 Å². The van der Waals surface area contributed by atoms with E-state index in [1.807, 2.05) is 0 Å². The molecule has 107 heavy (non-hydrogen) atoms. The fourth-order valence-corrected chi connectivity index (χ4v) is 9.76. The normalized spacial score (nSPS) is 22.4. The minimum atomic E-state index is -8.99.